The summed E-state index contributed by atoms with van der Waals surface area (Å²) in [6, 6.07) is 13.5. The summed E-state index contributed by atoms with van der Waals surface area (Å²) in [6.45, 7) is 1.52. The number of nitrogens with zero attached hydrogens (tertiary/aromatic N) is 2. The van der Waals surface area contributed by atoms with E-state index in [1.807, 2.05) is 0 Å². The van der Waals surface area contributed by atoms with Crippen LogP contribution in [0, 0.1) is 0 Å². The van der Waals surface area contributed by atoms with E-state index in [2.05, 4.69) is 5.32 Å². The number of carbonyl (C=O) groups is 2. The third-order valence-corrected chi connectivity index (χ3v) is 7.15. The lowest BCUT2D eigenvalue weighted by Gasteiger charge is -2.15. The summed E-state index contributed by atoms with van der Waals surface area (Å²) in [5.74, 6) is -1.42. The molecule has 31 heavy (non-hydrogen) atoms. The number of likely N-dealkylation sites (tertiary alicyclic amines) is 1. The number of nitrogens with one attached hydrogen (secondary N) is 1. The lowest BCUT2D eigenvalue weighted by atomic mass is 10.2. The molecule has 1 aliphatic rings. The van der Waals surface area contributed by atoms with Crippen LogP contribution in [0.2, 0.25) is 5.02 Å². The van der Waals surface area contributed by atoms with Gasteiger partial charge in [-0.3, -0.25) is 9.59 Å². The van der Waals surface area contributed by atoms with Gasteiger partial charge in [-0.05, 0) is 37.1 Å². The van der Waals surface area contributed by atoms with E-state index >= 15 is 0 Å². The van der Waals surface area contributed by atoms with Crippen molar-refractivity contribution < 1.29 is 18.0 Å². The Kier molecular flexibility index (Phi) is 6.02. The van der Waals surface area contributed by atoms with Crippen LogP contribution in [0.3, 0.4) is 0 Å². The fourth-order valence-electron chi connectivity index (χ4n) is 3.82. The molecule has 2 aromatic carbocycles. The first-order valence-corrected chi connectivity index (χ1v) is 12.0. The Morgan fingerprint density at radius 3 is 2.52 bits per heavy atom. The molecule has 2 heterocycles. The second-order valence-electron chi connectivity index (χ2n) is 7.54. The molecule has 0 spiro atoms. The highest BCUT2D eigenvalue weighted by molar-refractivity contribution is 7.92. The van der Waals surface area contributed by atoms with Gasteiger partial charge in [0.1, 0.15) is 12.3 Å². The van der Waals surface area contributed by atoms with Crippen molar-refractivity contribution in [2.75, 3.05) is 24.2 Å². The Morgan fingerprint density at radius 2 is 1.77 bits per heavy atom. The van der Waals surface area contributed by atoms with Gasteiger partial charge in [0.2, 0.25) is 11.8 Å². The summed E-state index contributed by atoms with van der Waals surface area (Å²) in [7, 11) is -3.94. The number of benzene rings is 2. The molecule has 0 aliphatic carbocycles. The molecule has 1 N–H and O–H groups in total. The first kappa shape index (κ1) is 21.4. The minimum absolute atomic E-state index is 0.0403. The number of anilines is 1. The highest BCUT2D eigenvalue weighted by Crippen LogP contribution is 2.27. The predicted octanol–water partition coefficient (Wildman–Crippen LogP) is 3.33. The number of rotatable bonds is 6. The maximum atomic E-state index is 13.1. The van der Waals surface area contributed by atoms with Gasteiger partial charge in [0.15, 0.2) is 9.84 Å². The normalized spacial score (nSPS) is 14.2. The fraction of sp³-hybridized carbons (Fsp3) is 0.273. The van der Waals surface area contributed by atoms with Crippen LogP contribution in [-0.4, -0.2) is 48.5 Å². The molecule has 0 radical (unpaired) electrons. The van der Waals surface area contributed by atoms with Crippen LogP contribution in [0.4, 0.5) is 5.69 Å². The smallest absolute Gasteiger partial charge is 0.242 e. The fourth-order valence-corrected chi connectivity index (χ4v) is 5.38. The molecular weight excluding hydrogens is 438 g/mol. The van der Waals surface area contributed by atoms with Gasteiger partial charge in [-0.15, -0.1) is 0 Å². The van der Waals surface area contributed by atoms with Gasteiger partial charge < -0.3 is 14.8 Å². The molecule has 0 unspecified atom stereocenters. The van der Waals surface area contributed by atoms with Crippen molar-refractivity contribution in [1.29, 1.82) is 0 Å². The molecule has 2 amide bonds. The summed E-state index contributed by atoms with van der Waals surface area (Å²) in [5.41, 5.74) is 1.07. The van der Waals surface area contributed by atoms with Crippen LogP contribution in [0.5, 0.6) is 0 Å². The Bertz CT molecular complexity index is 1250. The predicted molar refractivity (Wildman–Crippen MR) is 120 cm³/mol. The van der Waals surface area contributed by atoms with Crippen LogP contribution in [-0.2, 0) is 26.0 Å². The van der Waals surface area contributed by atoms with Crippen molar-refractivity contribution in [2.24, 2.45) is 0 Å². The number of carbonyl (C=O) groups excluding carboxylic acids is 2. The lowest BCUT2D eigenvalue weighted by Crippen LogP contribution is -2.30. The summed E-state index contributed by atoms with van der Waals surface area (Å²) >= 11 is 5.91. The standard InChI is InChI=1S/C22H22ClN3O4S/c23-16-6-5-7-17(12-16)24-21(27)15-31(29,30)20-13-26(19-9-2-1-8-18(19)20)14-22(28)25-10-3-4-11-25/h1-2,5-9,12-13H,3-4,10-11,14-15H2,(H,24,27). The van der Waals surface area contributed by atoms with Gasteiger partial charge in [-0.1, -0.05) is 35.9 Å². The van der Waals surface area contributed by atoms with Gasteiger partial charge in [-0.2, -0.15) is 0 Å². The van der Waals surface area contributed by atoms with Crippen LogP contribution >= 0.6 is 11.6 Å². The topological polar surface area (TPSA) is 88.5 Å². The average molecular weight is 460 g/mol. The molecule has 3 aromatic rings. The Morgan fingerprint density at radius 1 is 1.03 bits per heavy atom. The number of sulfone groups is 1. The van der Waals surface area contributed by atoms with E-state index in [0.717, 1.165) is 25.9 Å². The molecular formula is C22H22ClN3O4S. The summed E-state index contributed by atoms with van der Waals surface area (Å²) in [5, 5.41) is 3.49. The van der Waals surface area contributed by atoms with Crippen LogP contribution in [0.25, 0.3) is 10.9 Å². The van der Waals surface area contributed by atoms with Crippen molar-refractivity contribution in [1.82, 2.24) is 9.47 Å². The lowest BCUT2D eigenvalue weighted by molar-refractivity contribution is -0.130. The third kappa shape index (κ3) is 4.75. The summed E-state index contributed by atoms with van der Waals surface area (Å²) in [6.07, 6.45) is 3.43. The quantitative estimate of drug-likeness (QED) is 0.612. The molecule has 1 aromatic heterocycles. The van der Waals surface area contributed by atoms with E-state index in [1.54, 1.807) is 58.0 Å². The number of para-hydroxylation sites is 1. The molecule has 162 valence electrons. The number of hydrogen-bond acceptors (Lipinski definition) is 4. The maximum absolute atomic E-state index is 13.1. The molecule has 4 rings (SSSR count). The van der Waals surface area contributed by atoms with Gasteiger partial charge in [0.05, 0.1) is 4.90 Å². The highest BCUT2D eigenvalue weighted by Gasteiger charge is 2.26. The average Bonchev–Trinajstić information content (AvgIpc) is 3.36. The largest absolute Gasteiger partial charge is 0.341 e. The van der Waals surface area contributed by atoms with E-state index < -0.39 is 21.5 Å². The van der Waals surface area contributed by atoms with Crippen molar-refractivity contribution in [2.45, 2.75) is 24.3 Å². The second kappa shape index (κ2) is 8.72. The van der Waals surface area contributed by atoms with E-state index in [9.17, 15) is 18.0 Å². The zero-order chi connectivity index (χ0) is 22.0. The number of halogens is 1. The molecule has 9 heteroatoms. The molecule has 1 aliphatic heterocycles. The molecule has 0 bridgehead atoms. The first-order chi connectivity index (χ1) is 14.8. The van der Waals surface area contributed by atoms with Crippen molar-refractivity contribution in [3.05, 3.63) is 59.8 Å². The minimum Gasteiger partial charge on any atom is -0.341 e. The third-order valence-electron chi connectivity index (χ3n) is 5.28. The van der Waals surface area contributed by atoms with E-state index in [1.165, 1.54) is 6.20 Å². The Hall–Kier alpha value is -2.84. The molecule has 1 saturated heterocycles. The zero-order valence-corrected chi connectivity index (χ0v) is 18.3. The number of fused-ring (bicyclic) bond motifs is 1. The zero-order valence-electron chi connectivity index (χ0n) is 16.8. The van der Waals surface area contributed by atoms with Gasteiger partial charge in [0, 0.05) is 40.9 Å². The van der Waals surface area contributed by atoms with E-state index in [-0.39, 0.29) is 17.3 Å². The van der Waals surface area contributed by atoms with E-state index in [0.29, 0.717) is 21.6 Å². The SMILES string of the molecule is O=C(CS(=O)(=O)c1cn(CC(=O)N2CCCC2)c2ccccc12)Nc1cccc(Cl)c1. The number of aromatic nitrogens is 1. The number of hydrogen-bond donors (Lipinski definition) is 1. The van der Waals surface area contributed by atoms with Crippen LogP contribution in [0.15, 0.2) is 59.6 Å². The van der Waals surface area contributed by atoms with Gasteiger partial charge >= 0.3 is 0 Å². The van der Waals surface area contributed by atoms with Crippen LogP contribution in [0.1, 0.15) is 12.8 Å². The first-order valence-electron chi connectivity index (χ1n) is 9.97. The van der Waals surface area contributed by atoms with E-state index in [4.69, 9.17) is 11.6 Å². The monoisotopic (exact) mass is 459 g/mol. The Balaban J connectivity index is 1.58. The molecule has 0 saturated carbocycles. The molecule has 7 nitrogen and oxygen atoms in total. The maximum Gasteiger partial charge on any atom is 0.242 e. The van der Waals surface area contributed by atoms with Gasteiger partial charge in [-0.25, -0.2) is 8.42 Å². The summed E-state index contributed by atoms with van der Waals surface area (Å²) in [4.78, 5) is 26.8. The minimum atomic E-state index is -3.94. The summed E-state index contributed by atoms with van der Waals surface area (Å²) < 4.78 is 27.8. The molecule has 0 atom stereocenters. The van der Waals surface area contributed by atoms with Crippen molar-refractivity contribution in [3.63, 3.8) is 0 Å². The van der Waals surface area contributed by atoms with Gasteiger partial charge in [0.25, 0.3) is 0 Å². The van der Waals surface area contributed by atoms with Crippen molar-refractivity contribution in [3.8, 4) is 0 Å². The second-order valence-corrected chi connectivity index (χ2v) is 9.94. The highest BCUT2D eigenvalue weighted by atomic mass is 35.5. The number of amides is 2. The molecule has 1 fully saturated rings. The van der Waals surface area contributed by atoms with Crippen molar-refractivity contribution >= 4 is 49.8 Å². The van der Waals surface area contributed by atoms with Crippen LogP contribution < -0.4 is 5.32 Å². The Labute approximate surface area is 185 Å².